The molecule has 2 heterocycles. The van der Waals surface area contributed by atoms with E-state index in [1.54, 1.807) is 5.38 Å². The second-order valence-electron chi connectivity index (χ2n) is 4.22. The van der Waals surface area contributed by atoms with Gasteiger partial charge >= 0.3 is 0 Å². The third-order valence-electron chi connectivity index (χ3n) is 2.82. The van der Waals surface area contributed by atoms with Gasteiger partial charge in [0.05, 0.1) is 15.2 Å². The quantitative estimate of drug-likeness (QED) is 0.738. The highest BCUT2D eigenvalue weighted by atomic mass is 32.1. The number of fused-ring (bicyclic) bond motifs is 1. The number of hydrogen-bond acceptors (Lipinski definition) is 5. The van der Waals surface area contributed by atoms with Gasteiger partial charge in [-0.15, -0.1) is 16.4 Å². The van der Waals surface area contributed by atoms with Gasteiger partial charge in [0.2, 0.25) is 4.80 Å². The van der Waals surface area contributed by atoms with E-state index >= 15 is 0 Å². The normalized spacial score (nSPS) is 12.0. The van der Waals surface area contributed by atoms with Crippen LogP contribution in [0, 0.1) is 6.92 Å². The summed E-state index contributed by atoms with van der Waals surface area (Å²) in [4.78, 5) is 16.8. The van der Waals surface area contributed by atoms with Crippen molar-refractivity contribution in [3.05, 3.63) is 45.1 Å². The molecule has 20 heavy (non-hydrogen) atoms. The molecule has 0 fully saturated rings. The summed E-state index contributed by atoms with van der Waals surface area (Å²) in [6, 6.07) is 8.02. The number of thiazole rings is 2. The first kappa shape index (κ1) is 13.0. The van der Waals surface area contributed by atoms with E-state index in [4.69, 9.17) is 0 Å². The Morgan fingerprint density at radius 3 is 2.90 bits per heavy atom. The maximum Gasteiger partial charge on any atom is 0.290 e. The highest BCUT2D eigenvalue weighted by Gasteiger charge is 2.08. The molecule has 0 aliphatic rings. The maximum absolute atomic E-state index is 11.9. The van der Waals surface area contributed by atoms with Crippen molar-refractivity contribution in [3.8, 4) is 0 Å². The lowest BCUT2D eigenvalue weighted by atomic mass is 10.3. The SMILES string of the molecule is Cc1nc(C(=O)NN=c2sc3ccccc3n2C)cs1. The lowest BCUT2D eigenvalue weighted by molar-refractivity contribution is 0.0948. The molecule has 0 atom stereocenters. The molecule has 2 aromatic heterocycles. The Balaban J connectivity index is 1.91. The predicted molar refractivity (Wildman–Crippen MR) is 80.7 cm³/mol. The van der Waals surface area contributed by atoms with Gasteiger partial charge in [-0.1, -0.05) is 23.5 Å². The number of para-hydroxylation sites is 1. The van der Waals surface area contributed by atoms with Crippen molar-refractivity contribution in [3.63, 3.8) is 0 Å². The summed E-state index contributed by atoms with van der Waals surface area (Å²) in [5, 5.41) is 6.77. The molecule has 1 aromatic carbocycles. The van der Waals surface area contributed by atoms with Crippen LogP contribution in [0.1, 0.15) is 15.5 Å². The second kappa shape index (κ2) is 5.18. The van der Waals surface area contributed by atoms with E-state index in [-0.39, 0.29) is 5.91 Å². The molecule has 0 radical (unpaired) electrons. The van der Waals surface area contributed by atoms with Crippen LogP contribution < -0.4 is 10.2 Å². The number of amides is 1. The van der Waals surface area contributed by atoms with Crippen molar-refractivity contribution in [2.75, 3.05) is 0 Å². The zero-order chi connectivity index (χ0) is 14.1. The van der Waals surface area contributed by atoms with E-state index in [9.17, 15) is 4.79 Å². The number of rotatable bonds is 2. The Morgan fingerprint density at radius 1 is 1.40 bits per heavy atom. The Morgan fingerprint density at radius 2 is 2.20 bits per heavy atom. The molecule has 3 rings (SSSR count). The zero-order valence-electron chi connectivity index (χ0n) is 11.0. The van der Waals surface area contributed by atoms with Crippen LogP contribution in [-0.2, 0) is 7.05 Å². The van der Waals surface area contributed by atoms with Crippen molar-refractivity contribution in [1.29, 1.82) is 0 Å². The molecule has 0 bridgehead atoms. The number of carbonyl (C=O) groups excluding carboxylic acids is 1. The standard InChI is InChI=1S/C13H12N4OS2/c1-8-14-9(7-19-8)12(18)15-16-13-17(2)10-5-3-4-6-11(10)20-13/h3-7H,1-2H3,(H,15,18). The van der Waals surface area contributed by atoms with Gasteiger partial charge in [-0.3, -0.25) is 4.79 Å². The van der Waals surface area contributed by atoms with Crippen LogP contribution in [0.3, 0.4) is 0 Å². The monoisotopic (exact) mass is 304 g/mol. The summed E-state index contributed by atoms with van der Waals surface area (Å²) in [5.74, 6) is -0.285. The number of aryl methyl sites for hydroxylation is 2. The first-order chi connectivity index (χ1) is 9.65. The summed E-state index contributed by atoms with van der Waals surface area (Å²) in [5.41, 5.74) is 4.05. The maximum atomic E-state index is 11.9. The van der Waals surface area contributed by atoms with Crippen molar-refractivity contribution in [2.45, 2.75) is 6.92 Å². The third kappa shape index (κ3) is 2.37. The van der Waals surface area contributed by atoms with E-state index in [2.05, 4.69) is 15.5 Å². The zero-order valence-corrected chi connectivity index (χ0v) is 12.6. The fourth-order valence-electron chi connectivity index (χ4n) is 1.81. The molecule has 102 valence electrons. The van der Waals surface area contributed by atoms with E-state index in [1.165, 1.54) is 22.7 Å². The molecule has 1 amide bonds. The van der Waals surface area contributed by atoms with Gasteiger partial charge in [0.25, 0.3) is 5.91 Å². The minimum absolute atomic E-state index is 0.285. The fraction of sp³-hybridized carbons (Fsp3) is 0.154. The molecule has 0 unspecified atom stereocenters. The fourth-order valence-corrected chi connectivity index (χ4v) is 3.38. The van der Waals surface area contributed by atoms with Crippen LogP contribution in [0.4, 0.5) is 0 Å². The smallest absolute Gasteiger partial charge is 0.290 e. The summed E-state index contributed by atoms with van der Waals surface area (Å²) in [6.45, 7) is 1.87. The highest BCUT2D eigenvalue weighted by molar-refractivity contribution is 7.16. The molecule has 0 spiro atoms. The number of carbonyl (C=O) groups is 1. The Hall–Kier alpha value is -1.99. The molecule has 0 saturated heterocycles. The second-order valence-corrected chi connectivity index (χ2v) is 6.29. The van der Waals surface area contributed by atoms with Crippen molar-refractivity contribution in [2.24, 2.45) is 12.1 Å². The molecule has 5 nitrogen and oxygen atoms in total. The molecule has 3 aromatic rings. The topological polar surface area (TPSA) is 59.3 Å². The summed E-state index contributed by atoms with van der Waals surface area (Å²) in [6.07, 6.45) is 0. The molecule has 0 saturated carbocycles. The highest BCUT2D eigenvalue weighted by Crippen LogP contribution is 2.15. The van der Waals surface area contributed by atoms with Crippen LogP contribution in [-0.4, -0.2) is 15.5 Å². The van der Waals surface area contributed by atoms with Crippen LogP contribution in [0.2, 0.25) is 0 Å². The van der Waals surface area contributed by atoms with E-state index in [0.717, 1.165) is 20.0 Å². The lowest BCUT2D eigenvalue weighted by Gasteiger charge is -1.96. The minimum Gasteiger partial charge on any atom is -0.318 e. The van der Waals surface area contributed by atoms with Gasteiger partial charge in [-0.05, 0) is 19.1 Å². The van der Waals surface area contributed by atoms with Gasteiger partial charge in [0.1, 0.15) is 5.69 Å². The summed E-state index contributed by atoms with van der Waals surface area (Å²) in [7, 11) is 1.93. The molecule has 7 heteroatoms. The van der Waals surface area contributed by atoms with Gasteiger partial charge in [-0.2, -0.15) is 0 Å². The van der Waals surface area contributed by atoms with E-state index in [0.29, 0.717) is 5.69 Å². The molecule has 0 aliphatic heterocycles. The predicted octanol–water partition coefficient (Wildman–Crippen LogP) is 2.25. The minimum atomic E-state index is -0.285. The molecule has 0 aliphatic carbocycles. The molecular weight excluding hydrogens is 292 g/mol. The van der Waals surface area contributed by atoms with Gasteiger partial charge in [0.15, 0.2) is 0 Å². The van der Waals surface area contributed by atoms with Crippen LogP contribution >= 0.6 is 22.7 Å². The number of aromatic nitrogens is 2. The Kier molecular flexibility index (Phi) is 3.37. The summed E-state index contributed by atoms with van der Waals surface area (Å²) < 4.78 is 3.08. The Labute approximate surface area is 123 Å². The van der Waals surface area contributed by atoms with Gasteiger partial charge in [0, 0.05) is 12.4 Å². The Bertz CT molecular complexity index is 843. The van der Waals surface area contributed by atoms with Crippen molar-refractivity contribution < 1.29 is 4.79 Å². The van der Waals surface area contributed by atoms with E-state index in [1.807, 2.05) is 42.8 Å². The first-order valence-corrected chi connectivity index (χ1v) is 7.65. The van der Waals surface area contributed by atoms with Crippen molar-refractivity contribution >= 4 is 38.8 Å². The third-order valence-corrected chi connectivity index (χ3v) is 4.71. The number of hydrogen-bond donors (Lipinski definition) is 1. The average molecular weight is 304 g/mol. The van der Waals surface area contributed by atoms with Crippen molar-refractivity contribution in [1.82, 2.24) is 15.0 Å². The average Bonchev–Trinajstić information content (AvgIpc) is 3.01. The van der Waals surface area contributed by atoms with Gasteiger partial charge < -0.3 is 4.57 Å². The van der Waals surface area contributed by atoms with Crippen LogP contribution in [0.25, 0.3) is 10.2 Å². The number of nitrogens with zero attached hydrogens (tertiary/aromatic N) is 3. The molecule has 1 N–H and O–H groups in total. The lowest BCUT2D eigenvalue weighted by Crippen LogP contribution is -2.23. The largest absolute Gasteiger partial charge is 0.318 e. The number of nitrogens with one attached hydrogen (secondary N) is 1. The van der Waals surface area contributed by atoms with Crippen LogP contribution in [0.5, 0.6) is 0 Å². The van der Waals surface area contributed by atoms with E-state index < -0.39 is 0 Å². The van der Waals surface area contributed by atoms with Crippen LogP contribution in [0.15, 0.2) is 34.7 Å². The summed E-state index contributed by atoms with van der Waals surface area (Å²) >= 11 is 2.98. The molecular formula is C13H12N4OS2. The number of benzene rings is 1. The first-order valence-electron chi connectivity index (χ1n) is 5.96. The van der Waals surface area contributed by atoms with Gasteiger partial charge in [-0.25, -0.2) is 10.4 Å².